The Bertz CT molecular complexity index is 202. The Morgan fingerprint density at radius 2 is 2.08 bits per heavy atom. The lowest BCUT2D eigenvalue weighted by atomic mass is 9.45. The lowest BCUT2D eigenvalue weighted by molar-refractivity contribution is -0.477. The van der Waals surface area contributed by atoms with E-state index < -0.39 is 0 Å². The zero-order chi connectivity index (χ0) is 9.64. The van der Waals surface area contributed by atoms with Gasteiger partial charge in [-0.1, -0.05) is 13.8 Å². The average molecular weight is 184 g/mol. The van der Waals surface area contributed by atoms with Gasteiger partial charge in [-0.15, -0.1) is 0 Å². The van der Waals surface area contributed by atoms with Crippen LogP contribution in [-0.4, -0.2) is 17.8 Å². The molecule has 0 unspecified atom stereocenters. The van der Waals surface area contributed by atoms with Crippen LogP contribution in [0.1, 0.15) is 33.1 Å². The molecule has 13 heavy (non-hydrogen) atoms. The molecule has 2 nitrogen and oxygen atoms in total. The van der Waals surface area contributed by atoms with Crippen molar-refractivity contribution >= 4 is 0 Å². The van der Waals surface area contributed by atoms with E-state index in [1.165, 1.54) is 12.8 Å². The molecule has 0 spiro atoms. The number of hydrogen-bond donors (Lipinski definition) is 2. The lowest BCUT2D eigenvalue weighted by Gasteiger charge is -2.60. The normalized spacial score (nSPS) is 47.1. The summed E-state index contributed by atoms with van der Waals surface area (Å²) in [6, 6.07) is 0.590. The van der Waals surface area contributed by atoms with E-state index in [9.17, 15) is 0 Å². The van der Waals surface area contributed by atoms with Gasteiger partial charge in [0.1, 0.15) is 0 Å². The van der Waals surface area contributed by atoms with E-state index in [0.29, 0.717) is 24.0 Å². The van der Waals surface area contributed by atoms with Crippen molar-refractivity contribution in [3.05, 3.63) is 0 Å². The summed E-state index contributed by atoms with van der Waals surface area (Å²) in [5, 5.41) is 8.94. The van der Waals surface area contributed by atoms with E-state index in [2.05, 4.69) is 19.6 Å². The molecule has 0 aromatic carbocycles. The van der Waals surface area contributed by atoms with Crippen LogP contribution in [0.15, 0.2) is 0 Å². The second-order valence-corrected chi connectivity index (χ2v) is 5.53. The van der Waals surface area contributed by atoms with Crippen molar-refractivity contribution in [1.29, 1.82) is 0 Å². The summed E-state index contributed by atoms with van der Waals surface area (Å²) in [7, 11) is 0. The first kappa shape index (κ1) is 9.47. The number of quaternary nitrogens is 1. The maximum absolute atomic E-state index is 8.94. The van der Waals surface area contributed by atoms with Crippen molar-refractivity contribution in [2.24, 2.45) is 23.2 Å². The standard InChI is InChI=1S/C11H21NO/c1-11(2)8-5-7(3-4-13)10(12)9(11)6-8/h7-10,13H,3-6,12H2,1-2H3/p+1/t7-,8+,9+,10+/m0/s1. The molecule has 0 aliphatic heterocycles. The molecule has 3 aliphatic rings. The monoisotopic (exact) mass is 184 g/mol. The third-order valence-electron chi connectivity index (χ3n) is 4.76. The van der Waals surface area contributed by atoms with Gasteiger partial charge in [0.25, 0.3) is 0 Å². The minimum Gasteiger partial charge on any atom is -0.396 e. The molecule has 0 aromatic heterocycles. The van der Waals surface area contributed by atoms with Crippen molar-refractivity contribution in [1.82, 2.24) is 0 Å². The number of aliphatic hydroxyl groups is 1. The van der Waals surface area contributed by atoms with E-state index >= 15 is 0 Å². The van der Waals surface area contributed by atoms with Crippen LogP contribution in [0.5, 0.6) is 0 Å². The highest BCUT2D eigenvalue weighted by Crippen LogP contribution is 2.60. The molecule has 4 N–H and O–H groups in total. The van der Waals surface area contributed by atoms with Gasteiger partial charge in [0, 0.05) is 18.4 Å². The van der Waals surface area contributed by atoms with Crippen molar-refractivity contribution < 1.29 is 10.8 Å². The third kappa shape index (κ3) is 1.23. The number of rotatable bonds is 2. The van der Waals surface area contributed by atoms with Gasteiger partial charge in [-0.05, 0) is 30.6 Å². The molecule has 0 amide bonds. The number of aliphatic hydroxyl groups excluding tert-OH is 1. The molecule has 2 bridgehead atoms. The van der Waals surface area contributed by atoms with Crippen LogP contribution in [0.4, 0.5) is 0 Å². The van der Waals surface area contributed by atoms with Crippen molar-refractivity contribution in [3.63, 3.8) is 0 Å². The molecule has 2 heteroatoms. The topological polar surface area (TPSA) is 47.9 Å². The van der Waals surface area contributed by atoms with Crippen molar-refractivity contribution in [3.8, 4) is 0 Å². The maximum atomic E-state index is 8.94. The molecular formula is C11H22NO+. The SMILES string of the molecule is CC1(C)[C@@H]2C[C@H](CCO)[C@@H]([NH3+])[C@H]1C2. The minimum atomic E-state index is 0.344. The van der Waals surface area contributed by atoms with Crippen LogP contribution in [0.3, 0.4) is 0 Å². The van der Waals surface area contributed by atoms with Gasteiger partial charge in [0.05, 0.1) is 6.04 Å². The molecule has 76 valence electrons. The summed E-state index contributed by atoms with van der Waals surface area (Å²) in [6.45, 7) is 5.12. The molecule has 0 saturated heterocycles. The molecular weight excluding hydrogens is 162 g/mol. The highest BCUT2D eigenvalue weighted by Gasteiger charge is 2.58. The first-order chi connectivity index (χ1) is 6.07. The second kappa shape index (κ2) is 2.96. The largest absolute Gasteiger partial charge is 0.396 e. The summed E-state index contributed by atoms with van der Waals surface area (Å²) in [5.74, 6) is 2.43. The van der Waals surface area contributed by atoms with E-state index in [0.717, 1.165) is 18.3 Å². The molecule has 4 atom stereocenters. The fraction of sp³-hybridized carbons (Fsp3) is 1.00. The third-order valence-corrected chi connectivity index (χ3v) is 4.76. The quantitative estimate of drug-likeness (QED) is 0.651. The Kier molecular flexibility index (Phi) is 2.16. The van der Waals surface area contributed by atoms with Crippen LogP contribution >= 0.6 is 0 Å². The molecule has 3 fully saturated rings. The Morgan fingerprint density at radius 1 is 1.38 bits per heavy atom. The molecule has 0 heterocycles. The number of hydrogen-bond acceptors (Lipinski definition) is 1. The zero-order valence-corrected chi connectivity index (χ0v) is 8.79. The van der Waals surface area contributed by atoms with Gasteiger partial charge in [0.15, 0.2) is 0 Å². The first-order valence-corrected chi connectivity index (χ1v) is 5.51. The maximum Gasteiger partial charge on any atom is 0.0906 e. The lowest BCUT2D eigenvalue weighted by Crippen LogP contribution is -2.76. The Balaban J connectivity index is 2.03. The Hall–Kier alpha value is -0.0800. The van der Waals surface area contributed by atoms with E-state index in [1.807, 2.05) is 0 Å². The van der Waals surface area contributed by atoms with Gasteiger partial charge in [-0.3, -0.25) is 0 Å². The van der Waals surface area contributed by atoms with E-state index in [-0.39, 0.29) is 0 Å². The fourth-order valence-corrected chi connectivity index (χ4v) is 3.55. The summed E-state index contributed by atoms with van der Waals surface area (Å²) in [5.41, 5.74) is 4.84. The van der Waals surface area contributed by atoms with Gasteiger partial charge in [0.2, 0.25) is 0 Å². The van der Waals surface area contributed by atoms with Crippen LogP contribution in [0.25, 0.3) is 0 Å². The zero-order valence-electron chi connectivity index (χ0n) is 8.79. The predicted molar refractivity (Wildman–Crippen MR) is 51.9 cm³/mol. The summed E-state index contributed by atoms with van der Waals surface area (Å²) in [6.07, 6.45) is 3.67. The first-order valence-electron chi connectivity index (χ1n) is 5.51. The molecule has 0 aromatic rings. The van der Waals surface area contributed by atoms with Crippen LogP contribution in [-0.2, 0) is 0 Å². The van der Waals surface area contributed by atoms with Crippen LogP contribution in [0, 0.1) is 23.2 Å². The average Bonchev–Trinajstić information content (AvgIpc) is 2.08. The van der Waals surface area contributed by atoms with Crippen molar-refractivity contribution in [2.45, 2.75) is 39.2 Å². The summed E-state index contributed by atoms with van der Waals surface area (Å²) >= 11 is 0. The predicted octanol–water partition coefficient (Wildman–Crippen LogP) is 0.661. The van der Waals surface area contributed by atoms with E-state index in [1.54, 1.807) is 0 Å². The van der Waals surface area contributed by atoms with Gasteiger partial charge >= 0.3 is 0 Å². The number of fused-ring (bicyclic) bond motifs is 2. The Morgan fingerprint density at radius 3 is 2.54 bits per heavy atom. The van der Waals surface area contributed by atoms with Crippen LogP contribution < -0.4 is 5.73 Å². The highest BCUT2D eigenvalue weighted by atomic mass is 16.3. The smallest absolute Gasteiger partial charge is 0.0906 e. The molecule has 3 saturated carbocycles. The minimum absolute atomic E-state index is 0.344. The Labute approximate surface area is 80.5 Å². The fourth-order valence-electron chi connectivity index (χ4n) is 3.55. The molecule has 0 radical (unpaired) electrons. The second-order valence-electron chi connectivity index (χ2n) is 5.53. The molecule has 3 rings (SSSR count). The van der Waals surface area contributed by atoms with Gasteiger partial charge in [-0.2, -0.15) is 0 Å². The summed E-state index contributed by atoms with van der Waals surface area (Å²) < 4.78 is 0. The highest BCUT2D eigenvalue weighted by molar-refractivity contribution is 5.05. The van der Waals surface area contributed by atoms with Crippen LogP contribution in [0.2, 0.25) is 0 Å². The molecule has 3 aliphatic carbocycles. The summed E-state index contributed by atoms with van der Waals surface area (Å²) in [4.78, 5) is 0. The van der Waals surface area contributed by atoms with Gasteiger partial charge < -0.3 is 10.8 Å². The van der Waals surface area contributed by atoms with Crippen molar-refractivity contribution in [2.75, 3.05) is 6.61 Å². The van der Waals surface area contributed by atoms with E-state index in [4.69, 9.17) is 5.11 Å². The van der Waals surface area contributed by atoms with Gasteiger partial charge in [-0.25, -0.2) is 0 Å².